The molecule has 1 aliphatic rings. The van der Waals surface area contributed by atoms with Crippen molar-refractivity contribution in [2.45, 2.75) is 30.3 Å². The number of benzene rings is 1. The van der Waals surface area contributed by atoms with E-state index in [9.17, 15) is 13.2 Å². The molecule has 1 saturated carbocycles. The van der Waals surface area contributed by atoms with E-state index in [1.54, 1.807) is 0 Å². The van der Waals surface area contributed by atoms with Crippen molar-refractivity contribution in [3.8, 4) is 0 Å². The number of nitrogens with zero attached hydrogens (tertiary/aromatic N) is 1. The maximum Gasteiger partial charge on any atom is 0.199 e. The van der Waals surface area contributed by atoms with E-state index in [4.69, 9.17) is 20.9 Å². The molecule has 128 valence electrons. The van der Waals surface area contributed by atoms with Crippen LogP contribution in [0.4, 0.5) is 0 Å². The zero-order valence-electron chi connectivity index (χ0n) is 13.2. The average Bonchev–Trinajstić information content (AvgIpc) is 3.24. The summed E-state index contributed by atoms with van der Waals surface area (Å²) in [5.74, 6) is 0.258. The molecule has 0 atom stereocenters. The molecule has 0 saturated heterocycles. The van der Waals surface area contributed by atoms with Crippen molar-refractivity contribution in [2.24, 2.45) is 0 Å². The second kappa shape index (κ2) is 6.31. The van der Waals surface area contributed by atoms with Crippen molar-refractivity contribution in [1.29, 1.82) is 0 Å². The van der Waals surface area contributed by atoms with Gasteiger partial charge in [-0.2, -0.15) is 0 Å². The molecule has 1 aromatic carbocycles. The molecule has 1 heterocycles. The molecule has 1 fully saturated rings. The van der Waals surface area contributed by atoms with Crippen molar-refractivity contribution >= 4 is 27.2 Å². The standard InChI is InChI=1S/C16H16ClNO5S/c1-22-8-12-13(17)6-5-10(16(12)24(2,20)21)14(19)11-7-18-23-15(11)9-3-4-9/h5-7,9H,3-4,8H2,1-2H3. The number of ether oxygens (including phenoxy) is 1. The first kappa shape index (κ1) is 17.1. The molecule has 8 heteroatoms. The first-order chi connectivity index (χ1) is 11.3. The highest BCUT2D eigenvalue weighted by Crippen LogP contribution is 2.42. The van der Waals surface area contributed by atoms with Gasteiger partial charge in [-0.3, -0.25) is 4.79 Å². The zero-order valence-corrected chi connectivity index (χ0v) is 14.8. The highest BCUT2D eigenvalue weighted by atomic mass is 35.5. The summed E-state index contributed by atoms with van der Waals surface area (Å²) < 4.78 is 34.8. The molecule has 0 unspecified atom stereocenters. The van der Waals surface area contributed by atoms with Gasteiger partial charge in [-0.25, -0.2) is 8.42 Å². The minimum atomic E-state index is -3.70. The lowest BCUT2D eigenvalue weighted by atomic mass is 10.0. The Hall–Kier alpha value is -1.70. The smallest absolute Gasteiger partial charge is 0.199 e. The fourth-order valence-corrected chi connectivity index (χ4v) is 4.13. The third-order valence-electron chi connectivity index (χ3n) is 3.90. The van der Waals surface area contributed by atoms with Crippen LogP contribution in [0.3, 0.4) is 0 Å². The number of methoxy groups -OCH3 is 1. The Morgan fingerprint density at radius 3 is 2.67 bits per heavy atom. The fraction of sp³-hybridized carbons (Fsp3) is 0.375. The lowest BCUT2D eigenvalue weighted by Crippen LogP contribution is -2.14. The van der Waals surface area contributed by atoms with E-state index in [1.807, 2.05) is 0 Å². The Morgan fingerprint density at radius 1 is 1.38 bits per heavy atom. The van der Waals surface area contributed by atoms with Crippen LogP contribution in [0.5, 0.6) is 0 Å². The molecule has 0 spiro atoms. The van der Waals surface area contributed by atoms with Gasteiger partial charge in [-0.15, -0.1) is 0 Å². The highest BCUT2D eigenvalue weighted by molar-refractivity contribution is 7.90. The number of hydrogen-bond acceptors (Lipinski definition) is 6. The summed E-state index contributed by atoms with van der Waals surface area (Å²) in [4.78, 5) is 12.8. The van der Waals surface area contributed by atoms with Crippen LogP contribution < -0.4 is 0 Å². The van der Waals surface area contributed by atoms with E-state index in [1.165, 1.54) is 25.4 Å². The third kappa shape index (κ3) is 3.11. The number of rotatable bonds is 6. The van der Waals surface area contributed by atoms with Gasteiger partial charge in [0.1, 0.15) is 0 Å². The molecule has 1 aromatic heterocycles. The quantitative estimate of drug-likeness (QED) is 0.727. The summed E-state index contributed by atoms with van der Waals surface area (Å²) in [5.41, 5.74) is 0.629. The molecular formula is C16H16ClNO5S. The van der Waals surface area contributed by atoms with Gasteiger partial charge < -0.3 is 9.26 Å². The van der Waals surface area contributed by atoms with E-state index >= 15 is 0 Å². The van der Waals surface area contributed by atoms with Gasteiger partial charge in [0.05, 0.1) is 23.3 Å². The summed E-state index contributed by atoms with van der Waals surface area (Å²) >= 11 is 6.12. The number of carbonyl (C=O) groups is 1. The number of ketones is 1. The van der Waals surface area contributed by atoms with Gasteiger partial charge in [-0.05, 0) is 25.0 Å². The monoisotopic (exact) mass is 369 g/mol. The summed E-state index contributed by atoms with van der Waals surface area (Å²) in [7, 11) is -2.27. The Balaban J connectivity index is 2.18. The zero-order chi connectivity index (χ0) is 17.5. The molecular weight excluding hydrogens is 354 g/mol. The minimum absolute atomic E-state index is 0.0124. The minimum Gasteiger partial charge on any atom is -0.380 e. The topological polar surface area (TPSA) is 86.5 Å². The molecule has 24 heavy (non-hydrogen) atoms. The maximum atomic E-state index is 12.9. The van der Waals surface area contributed by atoms with Crippen LogP contribution in [0.15, 0.2) is 27.7 Å². The first-order valence-corrected chi connectivity index (χ1v) is 9.61. The highest BCUT2D eigenvalue weighted by Gasteiger charge is 2.34. The number of aromatic nitrogens is 1. The van der Waals surface area contributed by atoms with Gasteiger partial charge >= 0.3 is 0 Å². The van der Waals surface area contributed by atoms with Crippen molar-refractivity contribution in [3.63, 3.8) is 0 Å². The Morgan fingerprint density at radius 2 is 2.08 bits per heavy atom. The number of carbonyl (C=O) groups excluding carboxylic acids is 1. The summed E-state index contributed by atoms with van der Waals surface area (Å²) in [5, 5.41) is 3.94. The van der Waals surface area contributed by atoms with Crippen LogP contribution in [0.1, 0.15) is 46.0 Å². The summed E-state index contributed by atoms with van der Waals surface area (Å²) in [6.07, 6.45) is 4.25. The molecule has 3 rings (SSSR count). The fourth-order valence-electron chi connectivity index (χ4n) is 2.69. The SMILES string of the molecule is COCc1c(Cl)ccc(C(=O)c2cnoc2C2CC2)c1S(C)(=O)=O. The Kier molecular flexibility index (Phi) is 4.50. The molecule has 0 N–H and O–H groups in total. The molecule has 0 aliphatic heterocycles. The molecule has 0 amide bonds. The van der Waals surface area contributed by atoms with Crippen molar-refractivity contribution in [3.05, 3.63) is 45.8 Å². The lowest BCUT2D eigenvalue weighted by molar-refractivity contribution is 0.103. The normalized spacial score (nSPS) is 14.8. The predicted octanol–water partition coefficient (Wildman–Crippen LogP) is 2.99. The van der Waals surface area contributed by atoms with E-state index in [2.05, 4.69) is 5.16 Å². The number of halogens is 1. The molecule has 1 aliphatic carbocycles. The van der Waals surface area contributed by atoms with Crippen LogP contribution in [0.2, 0.25) is 5.02 Å². The largest absolute Gasteiger partial charge is 0.380 e. The van der Waals surface area contributed by atoms with E-state index in [-0.39, 0.29) is 33.6 Å². The van der Waals surface area contributed by atoms with E-state index < -0.39 is 15.6 Å². The lowest BCUT2D eigenvalue weighted by Gasteiger charge is -2.14. The first-order valence-electron chi connectivity index (χ1n) is 7.34. The van der Waals surface area contributed by atoms with E-state index in [0.29, 0.717) is 11.3 Å². The molecule has 0 radical (unpaired) electrons. The van der Waals surface area contributed by atoms with Gasteiger partial charge in [-0.1, -0.05) is 16.8 Å². The third-order valence-corrected chi connectivity index (χ3v) is 5.46. The maximum absolute atomic E-state index is 12.9. The van der Waals surface area contributed by atoms with Crippen molar-refractivity contribution in [1.82, 2.24) is 5.16 Å². The van der Waals surface area contributed by atoms with Crippen LogP contribution in [-0.2, 0) is 21.2 Å². The van der Waals surface area contributed by atoms with E-state index in [0.717, 1.165) is 19.1 Å². The predicted molar refractivity (Wildman–Crippen MR) is 87.2 cm³/mol. The van der Waals surface area contributed by atoms with Crippen molar-refractivity contribution < 1.29 is 22.5 Å². The van der Waals surface area contributed by atoms with Gasteiger partial charge in [0.15, 0.2) is 21.4 Å². The Bertz CT molecular complexity index is 899. The van der Waals surface area contributed by atoms with Crippen LogP contribution >= 0.6 is 11.6 Å². The summed E-state index contributed by atoms with van der Waals surface area (Å²) in [6.45, 7) is -0.0124. The average molecular weight is 370 g/mol. The van der Waals surface area contributed by atoms with Crippen LogP contribution in [-0.4, -0.2) is 32.7 Å². The summed E-state index contributed by atoms with van der Waals surface area (Å²) in [6, 6.07) is 2.92. The van der Waals surface area contributed by atoms with Crippen LogP contribution in [0.25, 0.3) is 0 Å². The molecule has 0 bridgehead atoms. The van der Waals surface area contributed by atoms with Crippen LogP contribution in [0, 0.1) is 0 Å². The van der Waals surface area contributed by atoms with Gasteiger partial charge in [0.2, 0.25) is 0 Å². The molecule has 2 aromatic rings. The van der Waals surface area contributed by atoms with Gasteiger partial charge in [0, 0.05) is 35.4 Å². The Labute approximate surface area is 144 Å². The second-order valence-electron chi connectivity index (χ2n) is 5.81. The van der Waals surface area contributed by atoms with Crippen molar-refractivity contribution in [2.75, 3.05) is 13.4 Å². The van der Waals surface area contributed by atoms with Gasteiger partial charge in [0.25, 0.3) is 0 Å². The number of hydrogen-bond donors (Lipinski definition) is 0. The second-order valence-corrected chi connectivity index (χ2v) is 8.17. The molecule has 6 nitrogen and oxygen atoms in total. The number of sulfone groups is 1.